The predicted molar refractivity (Wildman–Crippen MR) is 61.2 cm³/mol. The zero-order valence-electron chi connectivity index (χ0n) is 10.4. The molecular formula is C13H26O. The molecule has 0 aromatic carbocycles. The van der Waals surface area contributed by atoms with E-state index < -0.39 is 5.60 Å². The molecule has 0 saturated heterocycles. The van der Waals surface area contributed by atoms with E-state index in [1.165, 1.54) is 19.3 Å². The molecule has 0 spiro atoms. The number of aliphatic hydroxyl groups is 1. The highest BCUT2D eigenvalue weighted by atomic mass is 16.3. The van der Waals surface area contributed by atoms with Gasteiger partial charge in [0, 0.05) is 0 Å². The van der Waals surface area contributed by atoms with Crippen LogP contribution in [0.5, 0.6) is 0 Å². The van der Waals surface area contributed by atoms with Crippen LogP contribution in [-0.4, -0.2) is 10.7 Å². The molecule has 1 saturated carbocycles. The maximum atomic E-state index is 10.4. The Morgan fingerprint density at radius 3 is 2.43 bits per heavy atom. The van der Waals surface area contributed by atoms with Gasteiger partial charge in [-0.3, -0.25) is 0 Å². The van der Waals surface area contributed by atoms with E-state index in [0.717, 1.165) is 18.3 Å². The first-order valence-corrected chi connectivity index (χ1v) is 6.05. The summed E-state index contributed by atoms with van der Waals surface area (Å²) in [6.45, 7) is 11.0. The van der Waals surface area contributed by atoms with Crippen LogP contribution in [0.4, 0.5) is 0 Å². The maximum absolute atomic E-state index is 10.4. The third-order valence-electron chi connectivity index (χ3n) is 4.71. The van der Waals surface area contributed by atoms with Gasteiger partial charge in [-0.15, -0.1) is 0 Å². The van der Waals surface area contributed by atoms with Crippen LogP contribution >= 0.6 is 0 Å². The Hall–Kier alpha value is -0.0400. The monoisotopic (exact) mass is 198 g/mol. The van der Waals surface area contributed by atoms with Gasteiger partial charge in [0.05, 0.1) is 5.60 Å². The van der Waals surface area contributed by atoms with Gasteiger partial charge in [0.2, 0.25) is 0 Å². The van der Waals surface area contributed by atoms with Crippen molar-refractivity contribution in [3.8, 4) is 0 Å². The Morgan fingerprint density at radius 1 is 1.50 bits per heavy atom. The number of rotatable bonds is 3. The van der Waals surface area contributed by atoms with Crippen LogP contribution in [0.2, 0.25) is 0 Å². The van der Waals surface area contributed by atoms with Gasteiger partial charge in [0.25, 0.3) is 0 Å². The average molecular weight is 198 g/mol. The van der Waals surface area contributed by atoms with Crippen molar-refractivity contribution in [2.24, 2.45) is 17.3 Å². The molecule has 1 rings (SSSR count). The molecule has 1 aliphatic carbocycles. The van der Waals surface area contributed by atoms with Crippen molar-refractivity contribution in [3.63, 3.8) is 0 Å². The molecule has 84 valence electrons. The normalized spacial score (nSPS) is 37.5. The van der Waals surface area contributed by atoms with Crippen LogP contribution in [0.3, 0.4) is 0 Å². The van der Waals surface area contributed by atoms with Crippen molar-refractivity contribution in [3.05, 3.63) is 0 Å². The van der Waals surface area contributed by atoms with Gasteiger partial charge in [0.1, 0.15) is 0 Å². The van der Waals surface area contributed by atoms with Crippen molar-refractivity contribution in [2.75, 3.05) is 0 Å². The summed E-state index contributed by atoms with van der Waals surface area (Å²) in [6, 6.07) is 0. The van der Waals surface area contributed by atoms with Gasteiger partial charge >= 0.3 is 0 Å². The van der Waals surface area contributed by atoms with Gasteiger partial charge < -0.3 is 5.11 Å². The van der Waals surface area contributed by atoms with Crippen molar-refractivity contribution in [2.45, 2.75) is 65.9 Å². The van der Waals surface area contributed by atoms with Crippen LogP contribution in [0.15, 0.2) is 0 Å². The molecule has 1 fully saturated rings. The average Bonchev–Trinajstić information content (AvgIpc) is 2.50. The van der Waals surface area contributed by atoms with Gasteiger partial charge in [-0.1, -0.05) is 27.7 Å². The standard InChI is InChI=1S/C13H26O/c1-6-13(5,14)12(4)8-7-11(9-12)10(2)3/h10-11,14H,6-9H2,1-5H3/t11-,12+,13?/m0/s1. The van der Waals surface area contributed by atoms with E-state index in [1.807, 2.05) is 6.92 Å². The summed E-state index contributed by atoms with van der Waals surface area (Å²) in [6.07, 6.45) is 4.56. The quantitative estimate of drug-likeness (QED) is 0.734. The van der Waals surface area contributed by atoms with Gasteiger partial charge in [-0.2, -0.15) is 0 Å². The molecular weight excluding hydrogens is 172 g/mol. The summed E-state index contributed by atoms with van der Waals surface area (Å²) in [5, 5.41) is 10.4. The summed E-state index contributed by atoms with van der Waals surface area (Å²) in [5.41, 5.74) is -0.326. The van der Waals surface area contributed by atoms with Crippen molar-refractivity contribution in [1.82, 2.24) is 0 Å². The van der Waals surface area contributed by atoms with Crippen LogP contribution in [0.1, 0.15) is 60.3 Å². The van der Waals surface area contributed by atoms with Gasteiger partial charge in [-0.05, 0) is 49.9 Å². The first-order chi connectivity index (χ1) is 6.32. The van der Waals surface area contributed by atoms with Crippen LogP contribution in [-0.2, 0) is 0 Å². The zero-order chi connectivity index (χ0) is 11.0. The summed E-state index contributed by atoms with van der Waals surface area (Å²) in [5.74, 6) is 1.59. The van der Waals surface area contributed by atoms with E-state index in [-0.39, 0.29) is 5.41 Å². The molecule has 1 heteroatoms. The van der Waals surface area contributed by atoms with Crippen molar-refractivity contribution < 1.29 is 5.11 Å². The van der Waals surface area contributed by atoms with E-state index >= 15 is 0 Å². The minimum atomic E-state index is -0.476. The molecule has 0 heterocycles. The lowest BCUT2D eigenvalue weighted by molar-refractivity contribution is -0.0633. The third-order valence-corrected chi connectivity index (χ3v) is 4.71. The highest BCUT2D eigenvalue weighted by Gasteiger charge is 2.47. The Balaban J connectivity index is 2.71. The zero-order valence-corrected chi connectivity index (χ0v) is 10.4. The summed E-state index contributed by atoms with van der Waals surface area (Å²) in [4.78, 5) is 0. The van der Waals surface area contributed by atoms with Crippen molar-refractivity contribution >= 4 is 0 Å². The molecule has 0 aromatic rings. The Labute approximate surface area is 88.9 Å². The molecule has 1 nitrogen and oxygen atoms in total. The summed E-state index contributed by atoms with van der Waals surface area (Å²) in [7, 11) is 0. The number of hydrogen-bond acceptors (Lipinski definition) is 1. The Bertz CT molecular complexity index is 195. The van der Waals surface area contributed by atoms with E-state index in [1.54, 1.807) is 0 Å². The summed E-state index contributed by atoms with van der Waals surface area (Å²) >= 11 is 0. The van der Waals surface area contributed by atoms with Gasteiger partial charge in [-0.25, -0.2) is 0 Å². The Kier molecular flexibility index (Phi) is 3.30. The van der Waals surface area contributed by atoms with Crippen LogP contribution in [0, 0.1) is 17.3 Å². The van der Waals surface area contributed by atoms with E-state index in [2.05, 4.69) is 27.7 Å². The maximum Gasteiger partial charge on any atom is 0.0670 e. The van der Waals surface area contributed by atoms with Crippen LogP contribution < -0.4 is 0 Å². The minimum Gasteiger partial charge on any atom is -0.390 e. The SMILES string of the molecule is CCC(C)(O)[C@]1(C)CC[C@H](C(C)C)C1. The van der Waals surface area contributed by atoms with Gasteiger partial charge in [0.15, 0.2) is 0 Å². The molecule has 1 N–H and O–H groups in total. The second-order valence-corrected chi connectivity index (χ2v) is 5.93. The lowest BCUT2D eigenvalue weighted by Crippen LogP contribution is -2.41. The number of hydrogen-bond donors (Lipinski definition) is 1. The first-order valence-electron chi connectivity index (χ1n) is 6.05. The van der Waals surface area contributed by atoms with Crippen molar-refractivity contribution in [1.29, 1.82) is 0 Å². The second-order valence-electron chi connectivity index (χ2n) is 5.93. The molecule has 1 aliphatic rings. The largest absolute Gasteiger partial charge is 0.390 e. The second kappa shape index (κ2) is 3.84. The van der Waals surface area contributed by atoms with E-state index in [0.29, 0.717) is 0 Å². The minimum absolute atomic E-state index is 0.149. The molecule has 0 aromatic heterocycles. The predicted octanol–water partition coefficient (Wildman–Crippen LogP) is 3.61. The molecule has 14 heavy (non-hydrogen) atoms. The smallest absolute Gasteiger partial charge is 0.0670 e. The lowest BCUT2D eigenvalue weighted by atomic mass is 9.70. The molecule has 0 amide bonds. The fourth-order valence-electron chi connectivity index (χ4n) is 2.77. The lowest BCUT2D eigenvalue weighted by Gasteiger charge is -2.40. The fraction of sp³-hybridized carbons (Fsp3) is 1.00. The third kappa shape index (κ3) is 1.98. The topological polar surface area (TPSA) is 20.2 Å². The van der Waals surface area contributed by atoms with E-state index in [4.69, 9.17) is 0 Å². The summed E-state index contributed by atoms with van der Waals surface area (Å²) < 4.78 is 0. The molecule has 0 aliphatic heterocycles. The molecule has 1 unspecified atom stereocenters. The van der Waals surface area contributed by atoms with Crippen LogP contribution in [0.25, 0.3) is 0 Å². The van der Waals surface area contributed by atoms with E-state index in [9.17, 15) is 5.11 Å². The molecule has 0 bridgehead atoms. The molecule has 3 atom stereocenters. The Morgan fingerprint density at radius 2 is 2.07 bits per heavy atom. The highest BCUT2D eigenvalue weighted by Crippen LogP contribution is 2.51. The fourth-order valence-corrected chi connectivity index (χ4v) is 2.77. The molecule has 0 radical (unpaired) electrons. The first kappa shape index (κ1) is 12.0. The highest BCUT2D eigenvalue weighted by molar-refractivity contribution is 4.98.